The van der Waals surface area contributed by atoms with Crippen molar-refractivity contribution in [3.05, 3.63) is 54.0 Å². The molecule has 2 N–H and O–H groups in total. The number of nitrogens with one attached hydrogen (secondary N) is 1. The van der Waals surface area contributed by atoms with Crippen molar-refractivity contribution in [2.24, 2.45) is 0 Å². The van der Waals surface area contributed by atoms with E-state index < -0.39 is 5.97 Å². The SMILES string of the molecule is CC.COC(=O)c1nc(CCCCNc2ccnc3c(OC)cccc23)ccc1O. The Bertz CT molecular complexity index is 976. The fraction of sp³-hybridized carbons (Fsp3) is 0.348. The lowest BCUT2D eigenvalue weighted by Crippen LogP contribution is -2.07. The molecule has 0 bridgehead atoms. The molecule has 0 aliphatic heterocycles. The number of hydrogen-bond donors (Lipinski definition) is 2. The van der Waals surface area contributed by atoms with Crippen molar-refractivity contribution in [2.75, 3.05) is 26.1 Å². The van der Waals surface area contributed by atoms with E-state index in [2.05, 4.69) is 20.0 Å². The van der Waals surface area contributed by atoms with Gasteiger partial charge in [0.25, 0.3) is 0 Å². The fourth-order valence-corrected chi connectivity index (χ4v) is 3.00. The van der Waals surface area contributed by atoms with Crippen LogP contribution in [0.3, 0.4) is 0 Å². The lowest BCUT2D eigenvalue weighted by atomic mass is 10.1. The number of para-hydroxylation sites is 1. The first-order valence-electron chi connectivity index (χ1n) is 10.1. The van der Waals surface area contributed by atoms with Crippen LogP contribution in [0.15, 0.2) is 42.6 Å². The van der Waals surface area contributed by atoms with Crippen LogP contribution < -0.4 is 10.1 Å². The van der Waals surface area contributed by atoms with Crippen LogP contribution in [0.2, 0.25) is 0 Å². The van der Waals surface area contributed by atoms with Crippen molar-refractivity contribution < 1.29 is 19.4 Å². The van der Waals surface area contributed by atoms with Crippen LogP contribution in [-0.2, 0) is 11.2 Å². The smallest absolute Gasteiger partial charge is 0.360 e. The standard InChI is InChI=1S/C21H23N3O4.C2H6/c1-27-18-8-5-7-15-16(11-13-23-19(15)18)22-12-4-3-6-14-9-10-17(25)20(24-14)21(26)28-2;1-2/h5,7-11,13,25H,3-4,6,12H2,1-2H3,(H,22,23);1-2H3. The van der Waals surface area contributed by atoms with Crippen molar-refractivity contribution in [3.8, 4) is 11.5 Å². The first-order valence-corrected chi connectivity index (χ1v) is 10.1. The zero-order valence-electron chi connectivity index (χ0n) is 17.9. The number of rotatable bonds is 8. The van der Waals surface area contributed by atoms with E-state index in [1.165, 1.54) is 13.2 Å². The highest BCUT2D eigenvalue weighted by Gasteiger charge is 2.14. The largest absolute Gasteiger partial charge is 0.505 e. The van der Waals surface area contributed by atoms with Crippen LogP contribution in [-0.4, -0.2) is 41.8 Å². The van der Waals surface area contributed by atoms with Gasteiger partial charge in [-0.05, 0) is 43.5 Å². The predicted molar refractivity (Wildman–Crippen MR) is 118 cm³/mol. The number of ether oxygens (including phenoxy) is 2. The zero-order chi connectivity index (χ0) is 21.9. The van der Waals surface area contributed by atoms with E-state index in [9.17, 15) is 9.90 Å². The minimum Gasteiger partial charge on any atom is -0.505 e. The predicted octanol–water partition coefficient (Wildman–Crippen LogP) is 4.59. The average molecular weight is 412 g/mol. The molecular weight excluding hydrogens is 382 g/mol. The monoisotopic (exact) mass is 411 g/mol. The molecule has 0 spiro atoms. The van der Waals surface area contributed by atoms with E-state index in [1.807, 2.05) is 38.1 Å². The second-order valence-corrected chi connectivity index (χ2v) is 6.26. The topological polar surface area (TPSA) is 93.6 Å². The van der Waals surface area contributed by atoms with E-state index in [1.54, 1.807) is 19.4 Å². The molecule has 2 aromatic heterocycles. The third-order valence-electron chi connectivity index (χ3n) is 4.44. The number of fused-ring (bicyclic) bond motifs is 1. The molecule has 2 heterocycles. The van der Waals surface area contributed by atoms with Gasteiger partial charge in [-0.2, -0.15) is 0 Å². The molecule has 7 nitrogen and oxygen atoms in total. The molecule has 0 amide bonds. The number of anilines is 1. The van der Waals surface area contributed by atoms with Gasteiger partial charge < -0.3 is 19.9 Å². The van der Waals surface area contributed by atoms with Crippen molar-refractivity contribution in [3.63, 3.8) is 0 Å². The third-order valence-corrected chi connectivity index (χ3v) is 4.44. The summed E-state index contributed by atoms with van der Waals surface area (Å²) in [5.41, 5.74) is 2.55. The van der Waals surface area contributed by atoms with Crippen LogP contribution >= 0.6 is 0 Å². The summed E-state index contributed by atoms with van der Waals surface area (Å²) >= 11 is 0. The van der Waals surface area contributed by atoms with Crippen LogP contribution in [0.4, 0.5) is 5.69 Å². The molecule has 7 heteroatoms. The highest BCUT2D eigenvalue weighted by molar-refractivity contribution is 5.94. The number of aryl methyl sites for hydroxylation is 1. The third kappa shape index (κ3) is 5.59. The summed E-state index contributed by atoms with van der Waals surface area (Å²) in [5, 5.41) is 14.2. The Kier molecular flexibility index (Phi) is 8.87. The Morgan fingerprint density at radius 2 is 1.90 bits per heavy atom. The molecule has 0 atom stereocenters. The maximum atomic E-state index is 11.6. The van der Waals surface area contributed by atoms with Gasteiger partial charge in [0.1, 0.15) is 17.0 Å². The highest BCUT2D eigenvalue weighted by atomic mass is 16.5. The number of hydrogen-bond acceptors (Lipinski definition) is 7. The number of benzene rings is 1. The molecule has 3 aromatic rings. The molecule has 0 aliphatic carbocycles. The van der Waals surface area contributed by atoms with E-state index in [-0.39, 0.29) is 11.4 Å². The van der Waals surface area contributed by atoms with Gasteiger partial charge in [0.2, 0.25) is 0 Å². The van der Waals surface area contributed by atoms with Crippen molar-refractivity contribution in [1.29, 1.82) is 0 Å². The van der Waals surface area contributed by atoms with Crippen LogP contribution in [0.25, 0.3) is 10.9 Å². The van der Waals surface area contributed by atoms with Crippen molar-refractivity contribution in [1.82, 2.24) is 9.97 Å². The van der Waals surface area contributed by atoms with Gasteiger partial charge >= 0.3 is 5.97 Å². The maximum absolute atomic E-state index is 11.6. The molecule has 0 unspecified atom stereocenters. The molecular formula is C23H29N3O4. The molecule has 0 saturated carbocycles. The molecule has 30 heavy (non-hydrogen) atoms. The van der Waals surface area contributed by atoms with Gasteiger partial charge in [-0.1, -0.05) is 26.0 Å². The van der Waals surface area contributed by atoms with Gasteiger partial charge in [0.15, 0.2) is 5.69 Å². The zero-order valence-corrected chi connectivity index (χ0v) is 17.9. The second-order valence-electron chi connectivity index (χ2n) is 6.26. The Morgan fingerprint density at radius 1 is 1.10 bits per heavy atom. The lowest BCUT2D eigenvalue weighted by molar-refractivity contribution is 0.0590. The maximum Gasteiger partial charge on any atom is 0.360 e. The number of aromatic nitrogens is 2. The minimum atomic E-state index is -0.638. The molecule has 0 aliphatic rings. The Morgan fingerprint density at radius 3 is 2.63 bits per heavy atom. The quantitative estimate of drug-likeness (QED) is 0.413. The molecule has 160 valence electrons. The van der Waals surface area contributed by atoms with Crippen LogP contribution in [0.1, 0.15) is 42.9 Å². The minimum absolute atomic E-state index is 0.0460. The summed E-state index contributed by atoms with van der Waals surface area (Å²) in [6.07, 6.45) is 4.28. The Labute approximate surface area is 177 Å². The van der Waals surface area contributed by atoms with Crippen molar-refractivity contribution in [2.45, 2.75) is 33.1 Å². The first-order chi connectivity index (χ1) is 14.6. The van der Waals surface area contributed by atoms with E-state index in [0.717, 1.165) is 47.4 Å². The second kappa shape index (κ2) is 11.6. The molecule has 0 radical (unpaired) electrons. The van der Waals surface area contributed by atoms with Crippen LogP contribution in [0, 0.1) is 0 Å². The number of pyridine rings is 2. The normalized spacial score (nSPS) is 10.1. The van der Waals surface area contributed by atoms with Gasteiger partial charge in [-0.25, -0.2) is 9.78 Å². The number of aromatic hydroxyl groups is 1. The molecule has 0 fully saturated rings. The average Bonchev–Trinajstić information content (AvgIpc) is 2.80. The molecule has 3 rings (SSSR count). The highest BCUT2D eigenvalue weighted by Crippen LogP contribution is 2.28. The molecule has 1 aromatic carbocycles. The van der Waals surface area contributed by atoms with Gasteiger partial charge in [0, 0.05) is 29.5 Å². The Balaban J connectivity index is 0.00000155. The fourth-order valence-electron chi connectivity index (χ4n) is 3.00. The number of nitrogens with zero attached hydrogens (tertiary/aromatic N) is 2. The summed E-state index contributed by atoms with van der Waals surface area (Å²) in [4.78, 5) is 20.2. The number of unbranched alkanes of at least 4 members (excludes halogenated alkanes) is 1. The van der Waals surface area contributed by atoms with Gasteiger partial charge in [-0.15, -0.1) is 0 Å². The lowest BCUT2D eigenvalue weighted by Gasteiger charge is -2.11. The van der Waals surface area contributed by atoms with Crippen LogP contribution in [0.5, 0.6) is 11.5 Å². The summed E-state index contributed by atoms with van der Waals surface area (Å²) in [6, 6.07) is 11.0. The number of esters is 1. The van der Waals surface area contributed by atoms with E-state index in [4.69, 9.17) is 4.74 Å². The Hall–Kier alpha value is -3.35. The van der Waals surface area contributed by atoms with Gasteiger partial charge in [0.05, 0.1) is 14.2 Å². The summed E-state index contributed by atoms with van der Waals surface area (Å²) in [7, 11) is 2.90. The van der Waals surface area contributed by atoms with E-state index in [0.29, 0.717) is 6.42 Å². The van der Waals surface area contributed by atoms with E-state index >= 15 is 0 Å². The summed E-state index contributed by atoms with van der Waals surface area (Å²) in [6.45, 7) is 4.79. The van der Waals surface area contributed by atoms with Crippen molar-refractivity contribution >= 4 is 22.6 Å². The van der Waals surface area contributed by atoms with Gasteiger partial charge in [-0.3, -0.25) is 4.98 Å². The number of carbonyl (C=O) groups is 1. The number of methoxy groups -OCH3 is 2. The number of carbonyl (C=O) groups excluding carboxylic acids is 1. The summed E-state index contributed by atoms with van der Waals surface area (Å²) in [5.74, 6) is -0.0563. The molecule has 0 saturated heterocycles. The first kappa shape index (κ1) is 22.9. The summed E-state index contributed by atoms with van der Waals surface area (Å²) < 4.78 is 10.00.